The Hall–Kier alpha value is -0.130. The maximum Gasteiger partial charge on any atom is 0.211 e. The third-order valence-corrected chi connectivity index (χ3v) is 8.59. The Balaban J connectivity index is 1.63. The molecular weight excluding hydrogens is 298 g/mol. The molecule has 0 radical (unpaired) electrons. The summed E-state index contributed by atoms with van der Waals surface area (Å²) in [7, 11) is -3.23. The molecule has 3 rings (SSSR count). The van der Waals surface area contributed by atoms with E-state index >= 15 is 0 Å². The van der Waals surface area contributed by atoms with E-state index in [0.717, 1.165) is 44.9 Å². The van der Waals surface area contributed by atoms with Gasteiger partial charge in [0.1, 0.15) is 0 Å². The molecule has 3 aliphatic rings. The average molecular weight is 330 g/mol. The molecule has 0 aromatic rings. The van der Waals surface area contributed by atoms with Gasteiger partial charge in [0.15, 0.2) is 0 Å². The van der Waals surface area contributed by atoms with Gasteiger partial charge in [0.05, 0.1) is 11.9 Å². The summed E-state index contributed by atoms with van der Waals surface area (Å²) in [6, 6.07) is 0.133. The van der Waals surface area contributed by atoms with Crippen LogP contribution in [0.4, 0.5) is 0 Å². The molecule has 0 saturated heterocycles. The molecule has 0 heterocycles. The quantitative estimate of drug-likeness (QED) is 0.815. The van der Waals surface area contributed by atoms with Gasteiger partial charge in [-0.15, -0.1) is 0 Å². The average Bonchev–Trinajstić information content (AvgIpc) is 2.80. The molecule has 0 amide bonds. The standard InChI is InChI=1S/C17H31NO3S/c1-16(2)13-8-9-17(16,15(19)12-13)10-11-22(20,21)18-14-6-4-3-5-7-14/h13-15,18-19H,3-12H2,1-2H3. The van der Waals surface area contributed by atoms with Crippen LogP contribution >= 0.6 is 0 Å². The molecule has 0 aliphatic heterocycles. The molecular formula is C17H31NO3S. The van der Waals surface area contributed by atoms with E-state index in [9.17, 15) is 13.5 Å². The summed E-state index contributed by atoms with van der Waals surface area (Å²) in [4.78, 5) is 0. The number of aliphatic hydroxyl groups is 1. The number of sulfonamides is 1. The zero-order chi connectivity index (χ0) is 16.0. The fourth-order valence-electron chi connectivity index (χ4n) is 5.49. The highest BCUT2D eigenvalue weighted by Crippen LogP contribution is 2.67. The predicted molar refractivity (Wildman–Crippen MR) is 88.0 cm³/mol. The monoisotopic (exact) mass is 329 g/mol. The molecule has 2 N–H and O–H groups in total. The van der Waals surface area contributed by atoms with Crippen molar-refractivity contribution in [1.29, 1.82) is 0 Å². The summed E-state index contributed by atoms with van der Waals surface area (Å²) in [5.74, 6) is 0.716. The third kappa shape index (κ3) is 2.73. The summed E-state index contributed by atoms with van der Waals surface area (Å²) in [6.45, 7) is 4.45. The largest absolute Gasteiger partial charge is 0.393 e. The van der Waals surface area contributed by atoms with Gasteiger partial charge >= 0.3 is 0 Å². The van der Waals surface area contributed by atoms with Crippen LogP contribution in [-0.2, 0) is 10.0 Å². The van der Waals surface area contributed by atoms with Crippen LogP contribution in [0.5, 0.6) is 0 Å². The molecule has 3 fully saturated rings. The first-order valence-electron chi connectivity index (χ1n) is 8.95. The van der Waals surface area contributed by atoms with E-state index in [1.807, 2.05) is 0 Å². The number of hydrogen-bond acceptors (Lipinski definition) is 3. The zero-order valence-electron chi connectivity index (χ0n) is 14.0. The summed E-state index contributed by atoms with van der Waals surface area (Å²) in [6.07, 6.45) is 8.67. The summed E-state index contributed by atoms with van der Waals surface area (Å²) in [5, 5.41) is 10.5. The normalized spacial score (nSPS) is 38.5. The molecule has 0 aromatic heterocycles. The van der Waals surface area contributed by atoms with Crippen molar-refractivity contribution in [3.05, 3.63) is 0 Å². The second-order valence-corrected chi connectivity index (χ2v) is 10.3. The molecule has 2 bridgehead atoms. The van der Waals surface area contributed by atoms with Gasteiger partial charge in [-0.2, -0.15) is 0 Å². The molecule has 3 saturated carbocycles. The van der Waals surface area contributed by atoms with Gasteiger partial charge in [-0.1, -0.05) is 33.1 Å². The Bertz CT molecular complexity index is 510. The van der Waals surface area contributed by atoms with Crippen molar-refractivity contribution in [1.82, 2.24) is 4.72 Å². The minimum atomic E-state index is -3.23. The van der Waals surface area contributed by atoms with Gasteiger partial charge in [0, 0.05) is 11.5 Å². The lowest BCUT2D eigenvalue weighted by molar-refractivity contribution is -0.00562. The van der Waals surface area contributed by atoms with Gasteiger partial charge < -0.3 is 5.11 Å². The lowest BCUT2D eigenvalue weighted by Gasteiger charge is -2.40. The topological polar surface area (TPSA) is 66.4 Å². The molecule has 0 spiro atoms. The maximum atomic E-state index is 12.5. The van der Waals surface area contributed by atoms with Crippen LogP contribution in [0.25, 0.3) is 0 Å². The minimum Gasteiger partial charge on any atom is -0.393 e. The first kappa shape index (κ1) is 16.7. The van der Waals surface area contributed by atoms with E-state index in [4.69, 9.17) is 0 Å². The zero-order valence-corrected chi connectivity index (χ0v) is 14.8. The Morgan fingerprint density at radius 1 is 1.14 bits per heavy atom. The second-order valence-electron chi connectivity index (χ2n) is 8.39. The molecule has 3 aliphatic carbocycles. The van der Waals surface area contributed by atoms with Crippen LogP contribution < -0.4 is 4.72 Å². The first-order chi connectivity index (χ1) is 10.3. The Kier molecular flexibility index (Phi) is 4.37. The molecule has 3 unspecified atom stereocenters. The fraction of sp³-hybridized carbons (Fsp3) is 1.00. The summed E-state index contributed by atoms with van der Waals surface area (Å²) >= 11 is 0. The van der Waals surface area contributed by atoms with E-state index in [-0.39, 0.29) is 28.7 Å². The second kappa shape index (κ2) is 5.75. The highest BCUT2D eigenvalue weighted by atomic mass is 32.2. The van der Waals surface area contributed by atoms with Crippen LogP contribution in [0.15, 0.2) is 0 Å². The molecule has 0 aromatic carbocycles. The number of nitrogens with one attached hydrogen (secondary N) is 1. The van der Waals surface area contributed by atoms with Crippen molar-refractivity contribution in [2.45, 2.75) is 83.8 Å². The van der Waals surface area contributed by atoms with Crippen molar-refractivity contribution in [3.8, 4) is 0 Å². The molecule has 5 heteroatoms. The van der Waals surface area contributed by atoms with E-state index in [0.29, 0.717) is 12.3 Å². The van der Waals surface area contributed by atoms with Crippen LogP contribution in [0.3, 0.4) is 0 Å². The fourth-order valence-corrected chi connectivity index (χ4v) is 6.98. The highest BCUT2D eigenvalue weighted by molar-refractivity contribution is 7.89. The summed E-state index contributed by atoms with van der Waals surface area (Å²) in [5.41, 5.74) is -0.133. The van der Waals surface area contributed by atoms with E-state index in [1.54, 1.807) is 0 Å². The molecule has 22 heavy (non-hydrogen) atoms. The SMILES string of the molecule is CC1(C)C2CCC1(CCS(=O)(=O)NC1CCCCC1)C(O)C2. The van der Waals surface area contributed by atoms with Gasteiger partial charge in [0.25, 0.3) is 0 Å². The Labute approximate surface area is 135 Å². The van der Waals surface area contributed by atoms with E-state index < -0.39 is 10.0 Å². The van der Waals surface area contributed by atoms with E-state index in [2.05, 4.69) is 18.6 Å². The predicted octanol–water partition coefficient (Wildman–Crippen LogP) is 2.82. The molecule has 3 atom stereocenters. The van der Waals surface area contributed by atoms with Gasteiger partial charge in [-0.25, -0.2) is 13.1 Å². The molecule has 4 nitrogen and oxygen atoms in total. The molecule has 128 valence electrons. The smallest absolute Gasteiger partial charge is 0.211 e. The lowest BCUT2D eigenvalue weighted by atomic mass is 9.67. The number of aliphatic hydroxyl groups excluding tert-OH is 1. The van der Waals surface area contributed by atoms with Gasteiger partial charge in [-0.3, -0.25) is 0 Å². The van der Waals surface area contributed by atoms with Crippen molar-refractivity contribution in [2.75, 3.05) is 5.75 Å². The van der Waals surface area contributed by atoms with Gasteiger partial charge in [0.2, 0.25) is 10.0 Å². The van der Waals surface area contributed by atoms with Crippen molar-refractivity contribution in [2.24, 2.45) is 16.7 Å². The highest BCUT2D eigenvalue weighted by Gasteiger charge is 2.63. The number of hydrogen-bond donors (Lipinski definition) is 2. The van der Waals surface area contributed by atoms with Crippen LogP contribution in [-0.4, -0.2) is 31.4 Å². The summed E-state index contributed by atoms with van der Waals surface area (Å²) < 4.78 is 27.8. The Morgan fingerprint density at radius 3 is 2.36 bits per heavy atom. The van der Waals surface area contributed by atoms with Crippen LogP contribution in [0.1, 0.15) is 71.6 Å². The minimum absolute atomic E-state index is 0.0623. The van der Waals surface area contributed by atoms with Gasteiger partial charge in [-0.05, 0) is 49.9 Å². The third-order valence-electron chi connectivity index (χ3n) is 7.16. The van der Waals surface area contributed by atoms with E-state index in [1.165, 1.54) is 6.42 Å². The lowest BCUT2D eigenvalue weighted by Crippen LogP contribution is -2.43. The maximum absolute atomic E-state index is 12.5. The van der Waals surface area contributed by atoms with Crippen molar-refractivity contribution >= 4 is 10.0 Å². The van der Waals surface area contributed by atoms with Crippen LogP contribution in [0.2, 0.25) is 0 Å². The number of fused-ring (bicyclic) bond motifs is 2. The Morgan fingerprint density at radius 2 is 1.82 bits per heavy atom. The van der Waals surface area contributed by atoms with Crippen molar-refractivity contribution in [3.63, 3.8) is 0 Å². The number of rotatable bonds is 5. The first-order valence-corrected chi connectivity index (χ1v) is 10.6. The van der Waals surface area contributed by atoms with Crippen LogP contribution in [0, 0.1) is 16.7 Å². The van der Waals surface area contributed by atoms with Crippen molar-refractivity contribution < 1.29 is 13.5 Å².